The van der Waals surface area contributed by atoms with Crippen molar-refractivity contribution in [2.45, 2.75) is 50.7 Å². The predicted molar refractivity (Wildman–Crippen MR) is 176 cm³/mol. The zero-order chi connectivity index (χ0) is 31.9. The number of sulfonamides is 1. The summed E-state index contributed by atoms with van der Waals surface area (Å²) in [5, 5.41) is 3.79. The fourth-order valence-electron chi connectivity index (χ4n) is 4.72. The van der Waals surface area contributed by atoms with Gasteiger partial charge in [-0.05, 0) is 74.4 Å². The number of carbonyl (C=O) groups is 2. The first-order valence-electron chi connectivity index (χ1n) is 14.2. The summed E-state index contributed by atoms with van der Waals surface area (Å²) >= 11 is 12.4. The average Bonchev–Trinajstić information content (AvgIpc) is 2.98. The number of halogens is 2. The van der Waals surface area contributed by atoms with Gasteiger partial charge in [0.15, 0.2) is 0 Å². The molecule has 0 unspecified atom stereocenters. The summed E-state index contributed by atoms with van der Waals surface area (Å²) in [6.07, 6.45) is 0.223. The Bertz CT molecular complexity index is 1680. The Morgan fingerprint density at radius 3 is 2.07 bits per heavy atom. The van der Waals surface area contributed by atoms with Crippen LogP contribution in [0.2, 0.25) is 10.0 Å². The normalized spacial score (nSPS) is 12.0. The van der Waals surface area contributed by atoms with Crippen molar-refractivity contribution in [2.24, 2.45) is 0 Å². The monoisotopic (exact) mass is 651 g/mol. The number of amides is 2. The highest BCUT2D eigenvalue weighted by atomic mass is 35.5. The van der Waals surface area contributed by atoms with E-state index in [1.54, 1.807) is 54.6 Å². The molecule has 1 atom stereocenters. The van der Waals surface area contributed by atoms with E-state index in [-0.39, 0.29) is 35.5 Å². The first-order valence-corrected chi connectivity index (χ1v) is 16.4. The summed E-state index contributed by atoms with van der Waals surface area (Å²) in [5.74, 6) is -0.905. The van der Waals surface area contributed by atoms with Gasteiger partial charge >= 0.3 is 0 Å². The molecule has 0 bridgehead atoms. The van der Waals surface area contributed by atoms with Crippen LogP contribution in [-0.2, 0) is 32.6 Å². The molecule has 0 spiro atoms. The Balaban J connectivity index is 1.80. The van der Waals surface area contributed by atoms with Crippen LogP contribution in [0.15, 0.2) is 108 Å². The molecule has 0 heterocycles. The van der Waals surface area contributed by atoms with E-state index in [1.165, 1.54) is 23.1 Å². The molecule has 4 aromatic carbocycles. The van der Waals surface area contributed by atoms with E-state index in [9.17, 15) is 18.0 Å². The van der Waals surface area contributed by atoms with Gasteiger partial charge in [-0.25, -0.2) is 8.42 Å². The van der Waals surface area contributed by atoms with Crippen LogP contribution in [0.25, 0.3) is 0 Å². The number of carbonyl (C=O) groups excluding carboxylic acids is 2. The summed E-state index contributed by atoms with van der Waals surface area (Å²) < 4.78 is 29.2. The number of anilines is 1. The van der Waals surface area contributed by atoms with E-state index in [0.717, 1.165) is 21.0 Å². The summed E-state index contributed by atoms with van der Waals surface area (Å²) in [6.45, 7) is 5.03. The van der Waals surface area contributed by atoms with E-state index in [2.05, 4.69) is 5.32 Å². The van der Waals surface area contributed by atoms with Crippen molar-refractivity contribution in [1.29, 1.82) is 0 Å². The standard InChI is InChI=1S/C34H35Cl2N3O4S/c1-24(2)37-34(41)32(20-26-8-5-4-6-9-26)38(22-27-14-16-28(35)17-15-27)33(40)23-39(30-11-7-10-29(36)21-30)44(42,43)31-18-12-25(3)13-19-31/h4-19,21,24,32H,20,22-23H2,1-3H3,(H,37,41)/t32-/m1/s1. The lowest BCUT2D eigenvalue weighted by molar-refractivity contribution is -0.140. The highest BCUT2D eigenvalue weighted by Crippen LogP contribution is 2.27. The van der Waals surface area contributed by atoms with Crippen molar-refractivity contribution in [1.82, 2.24) is 10.2 Å². The number of rotatable bonds is 12. The molecule has 7 nitrogen and oxygen atoms in total. The van der Waals surface area contributed by atoms with Gasteiger partial charge in [0.2, 0.25) is 11.8 Å². The van der Waals surface area contributed by atoms with Crippen molar-refractivity contribution in [3.05, 3.63) is 130 Å². The first kappa shape index (κ1) is 33.1. The quantitative estimate of drug-likeness (QED) is 0.186. The second kappa shape index (κ2) is 14.8. The molecule has 4 rings (SSSR count). The number of nitrogens with zero attached hydrogens (tertiary/aromatic N) is 2. The largest absolute Gasteiger partial charge is 0.352 e. The summed E-state index contributed by atoms with van der Waals surface area (Å²) in [6, 6.07) is 28.0. The first-order chi connectivity index (χ1) is 20.9. The van der Waals surface area contributed by atoms with Gasteiger partial charge < -0.3 is 10.2 Å². The number of nitrogens with one attached hydrogen (secondary N) is 1. The minimum absolute atomic E-state index is 0.0264. The molecule has 0 fully saturated rings. The van der Waals surface area contributed by atoms with Crippen molar-refractivity contribution >= 4 is 50.7 Å². The fraction of sp³-hybridized carbons (Fsp3) is 0.235. The van der Waals surface area contributed by atoms with E-state index in [0.29, 0.717) is 10.0 Å². The maximum atomic E-state index is 14.4. The SMILES string of the molecule is Cc1ccc(S(=O)(=O)N(CC(=O)N(Cc2ccc(Cl)cc2)[C@H](Cc2ccccc2)C(=O)NC(C)C)c2cccc(Cl)c2)cc1. The Hall–Kier alpha value is -3.85. The zero-order valence-corrected chi connectivity index (χ0v) is 27.1. The highest BCUT2D eigenvalue weighted by Gasteiger charge is 2.35. The minimum Gasteiger partial charge on any atom is -0.352 e. The molecule has 0 saturated carbocycles. The van der Waals surface area contributed by atoms with Gasteiger partial charge in [0.25, 0.3) is 10.0 Å². The molecule has 1 N–H and O–H groups in total. The molecule has 0 saturated heterocycles. The van der Waals surface area contributed by atoms with Gasteiger partial charge in [0.1, 0.15) is 12.6 Å². The molecule has 4 aromatic rings. The molecule has 0 aliphatic heterocycles. The summed E-state index contributed by atoms with van der Waals surface area (Å²) in [7, 11) is -4.21. The number of benzene rings is 4. The molecule has 44 heavy (non-hydrogen) atoms. The lowest BCUT2D eigenvalue weighted by Crippen LogP contribution is -2.54. The van der Waals surface area contributed by atoms with Crippen LogP contribution in [0.1, 0.15) is 30.5 Å². The molecule has 2 amide bonds. The van der Waals surface area contributed by atoms with Crippen LogP contribution in [0.3, 0.4) is 0 Å². The van der Waals surface area contributed by atoms with Gasteiger partial charge in [-0.3, -0.25) is 13.9 Å². The van der Waals surface area contributed by atoms with Crippen LogP contribution < -0.4 is 9.62 Å². The van der Waals surface area contributed by atoms with Crippen LogP contribution in [0, 0.1) is 6.92 Å². The van der Waals surface area contributed by atoms with Crippen LogP contribution >= 0.6 is 23.2 Å². The van der Waals surface area contributed by atoms with Gasteiger partial charge in [0.05, 0.1) is 10.6 Å². The van der Waals surface area contributed by atoms with Crippen LogP contribution in [-0.4, -0.2) is 43.8 Å². The van der Waals surface area contributed by atoms with Crippen LogP contribution in [0.4, 0.5) is 5.69 Å². The van der Waals surface area contributed by atoms with Gasteiger partial charge in [0, 0.05) is 29.1 Å². The molecule has 0 aliphatic rings. The van der Waals surface area contributed by atoms with Crippen molar-refractivity contribution in [3.63, 3.8) is 0 Å². The second-order valence-corrected chi connectivity index (χ2v) is 13.6. The van der Waals surface area contributed by atoms with Crippen molar-refractivity contribution in [3.8, 4) is 0 Å². The van der Waals surface area contributed by atoms with Gasteiger partial charge in [-0.15, -0.1) is 0 Å². The molecule has 0 aromatic heterocycles. The third-order valence-electron chi connectivity index (χ3n) is 6.95. The van der Waals surface area contributed by atoms with Gasteiger partial charge in [-0.2, -0.15) is 0 Å². The minimum atomic E-state index is -4.21. The lowest BCUT2D eigenvalue weighted by Gasteiger charge is -2.34. The highest BCUT2D eigenvalue weighted by molar-refractivity contribution is 7.92. The predicted octanol–water partition coefficient (Wildman–Crippen LogP) is 6.66. The van der Waals surface area contributed by atoms with Crippen molar-refractivity contribution < 1.29 is 18.0 Å². The molecule has 230 valence electrons. The third-order valence-corrected chi connectivity index (χ3v) is 9.23. The second-order valence-electron chi connectivity index (χ2n) is 10.8. The Kier molecular flexibility index (Phi) is 11.1. The Labute approximate surface area is 269 Å². The molecular formula is C34H35Cl2N3O4S. The topological polar surface area (TPSA) is 86.8 Å². The number of hydrogen-bond donors (Lipinski definition) is 1. The van der Waals surface area contributed by atoms with Gasteiger partial charge in [-0.1, -0.05) is 89.4 Å². The fourth-order valence-corrected chi connectivity index (χ4v) is 6.44. The molecule has 10 heteroatoms. The molecular weight excluding hydrogens is 617 g/mol. The number of aryl methyl sites for hydroxylation is 1. The van der Waals surface area contributed by atoms with E-state index in [4.69, 9.17) is 23.2 Å². The smallest absolute Gasteiger partial charge is 0.264 e. The molecule has 0 aliphatic carbocycles. The summed E-state index contributed by atoms with van der Waals surface area (Å²) in [4.78, 5) is 29.6. The van der Waals surface area contributed by atoms with E-state index < -0.39 is 28.5 Å². The Morgan fingerprint density at radius 2 is 1.45 bits per heavy atom. The van der Waals surface area contributed by atoms with E-state index >= 15 is 0 Å². The summed E-state index contributed by atoms with van der Waals surface area (Å²) in [5.41, 5.74) is 2.70. The average molecular weight is 653 g/mol. The lowest BCUT2D eigenvalue weighted by atomic mass is 10.0. The van der Waals surface area contributed by atoms with E-state index in [1.807, 2.05) is 51.1 Å². The zero-order valence-electron chi connectivity index (χ0n) is 24.8. The maximum absolute atomic E-state index is 14.4. The van der Waals surface area contributed by atoms with Crippen LogP contribution in [0.5, 0.6) is 0 Å². The third kappa shape index (κ3) is 8.62. The number of hydrogen-bond acceptors (Lipinski definition) is 4. The maximum Gasteiger partial charge on any atom is 0.264 e. The van der Waals surface area contributed by atoms with Crippen molar-refractivity contribution in [2.75, 3.05) is 10.8 Å². The Morgan fingerprint density at radius 1 is 0.795 bits per heavy atom. The molecule has 0 radical (unpaired) electrons.